The molecule has 31 heavy (non-hydrogen) atoms. The zero-order valence-corrected chi connectivity index (χ0v) is 20.3. The fraction of sp³-hybridized carbons (Fsp3) is 0.818. The zero-order valence-electron chi connectivity index (χ0n) is 20.3. The van der Waals surface area contributed by atoms with Gasteiger partial charge in [0.05, 0.1) is 5.54 Å². The van der Waals surface area contributed by atoms with Crippen LogP contribution < -0.4 is 16.0 Å². The predicted octanol–water partition coefficient (Wildman–Crippen LogP) is 3.18. The maximum Gasteiger partial charge on any atom is 0.408 e. The smallest absolute Gasteiger partial charge is 0.408 e. The number of carbonyl (C=O) groups excluding carboxylic acids is 1. The van der Waals surface area contributed by atoms with E-state index in [-0.39, 0.29) is 0 Å². The van der Waals surface area contributed by atoms with Crippen molar-refractivity contribution in [2.24, 2.45) is 12.0 Å². The van der Waals surface area contributed by atoms with Gasteiger partial charge in [0.2, 0.25) is 0 Å². The van der Waals surface area contributed by atoms with Crippen LogP contribution in [0.5, 0.6) is 0 Å². The van der Waals surface area contributed by atoms with Gasteiger partial charge in [0.15, 0.2) is 11.8 Å². The molecule has 0 unspecified atom stereocenters. The van der Waals surface area contributed by atoms with E-state index in [1.54, 1.807) is 0 Å². The van der Waals surface area contributed by atoms with E-state index in [2.05, 4.69) is 40.0 Å². The molecular formula is C22H41N7O2. The maximum absolute atomic E-state index is 12.4. The molecular weight excluding hydrogens is 394 g/mol. The molecule has 0 bridgehead atoms. The first-order valence-electron chi connectivity index (χ1n) is 11.5. The van der Waals surface area contributed by atoms with Crippen LogP contribution >= 0.6 is 0 Å². The molecule has 176 valence electrons. The molecule has 0 atom stereocenters. The first-order chi connectivity index (χ1) is 14.6. The number of aromatic nitrogens is 3. The molecule has 9 nitrogen and oxygen atoms in total. The molecule has 0 radical (unpaired) electrons. The van der Waals surface area contributed by atoms with Gasteiger partial charge in [-0.3, -0.25) is 0 Å². The lowest BCUT2D eigenvalue weighted by molar-refractivity contribution is 0.0448. The quantitative estimate of drug-likeness (QED) is 0.428. The Labute approximate surface area is 186 Å². The van der Waals surface area contributed by atoms with Gasteiger partial charge < -0.3 is 25.3 Å². The van der Waals surface area contributed by atoms with Gasteiger partial charge in [0.1, 0.15) is 18.0 Å². The van der Waals surface area contributed by atoms with Crippen LogP contribution in [0, 0.1) is 6.92 Å². The van der Waals surface area contributed by atoms with Gasteiger partial charge in [-0.2, -0.15) is 0 Å². The van der Waals surface area contributed by atoms with Crippen LogP contribution in [0.15, 0.2) is 4.99 Å². The molecule has 1 heterocycles. The van der Waals surface area contributed by atoms with Crippen molar-refractivity contribution >= 4 is 12.1 Å². The van der Waals surface area contributed by atoms with E-state index in [4.69, 9.17) is 9.73 Å². The minimum atomic E-state index is -0.532. The number of amides is 1. The number of hydrogen-bond acceptors (Lipinski definition) is 5. The normalized spacial score (nSPS) is 15.8. The number of aryl methyl sites for hydroxylation is 1. The fourth-order valence-electron chi connectivity index (χ4n) is 3.65. The van der Waals surface area contributed by atoms with Gasteiger partial charge in [0.25, 0.3) is 0 Å². The third-order valence-electron chi connectivity index (χ3n) is 5.97. The summed E-state index contributed by atoms with van der Waals surface area (Å²) >= 11 is 0. The Morgan fingerprint density at radius 1 is 1.19 bits per heavy atom. The first-order valence-corrected chi connectivity index (χ1v) is 11.5. The van der Waals surface area contributed by atoms with Crippen molar-refractivity contribution in [3.8, 4) is 0 Å². The number of guanidine groups is 1. The number of ether oxygens (including phenoxy) is 1. The Balaban J connectivity index is 2.10. The lowest BCUT2D eigenvalue weighted by Gasteiger charge is -2.34. The zero-order chi connectivity index (χ0) is 23.1. The van der Waals surface area contributed by atoms with Crippen LogP contribution in [0.2, 0.25) is 0 Å². The lowest BCUT2D eigenvalue weighted by Crippen LogP contribution is -2.57. The van der Waals surface area contributed by atoms with Gasteiger partial charge in [-0.05, 0) is 53.4 Å². The lowest BCUT2D eigenvalue weighted by atomic mass is 9.93. The predicted molar refractivity (Wildman–Crippen MR) is 123 cm³/mol. The highest BCUT2D eigenvalue weighted by molar-refractivity contribution is 5.80. The van der Waals surface area contributed by atoms with Crippen molar-refractivity contribution in [1.29, 1.82) is 0 Å². The summed E-state index contributed by atoms with van der Waals surface area (Å²) in [7, 11) is 1.95. The molecule has 3 N–H and O–H groups in total. The molecule has 1 saturated carbocycles. The highest BCUT2D eigenvalue weighted by Crippen LogP contribution is 2.19. The molecule has 9 heteroatoms. The summed E-state index contributed by atoms with van der Waals surface area (Å²) in [5, 5.41) is 18.4. The van der Waals surface area contributed by atoms with Crippen molar-refractivity contribution in [1.82, 2.24) is 30.7 Å². The topological polar surface area (TPSA) is 105 Å². The summed E-state index contributed by atoms with van der Waals surface area (Å²) in [6.45, 7) is 12.7. The van der Waals surface area contributed by atoms with Gasteiger partial charge in [-0.15, -0.1) is 10.2 Å². The molecule has 1 aromatic rings. The number of aliphatic imine (C=N–C) groups is 1. The third kappa shape index (κ3) is 7.70. The molecule has 0 saturated heterocycles. The first kappa shape index (κ1) is 24.9. The molecule has 1 amide bonds. The van der Waals surface area contributed by atoms with Gasteiger partial charge in [0, 0.05) is 19.6 Å². The monoisotopic (exact) mass is 435 g/mol. The molecule has 0 spiro atoms. The number of carbonyl (C=O) groups is 1. The Morgan fingerprint density at radius 3 is 2.35 bits per heavy atom. The van der Waals surface area contributed by atoms with Crippen LogP contribution in [0.25, 0.3) is 0 Å². The molecule has 1 aliphatic carbocycles. The van der Waals surface area contributed by atoms with Crippen LogP contribution in [0.4, 0.5) is 4.79 Å². The van der Waals surface area contributed by atoms with Crippen molar-refractivity contribution < 1.29 is 9.53 Å². The molecule has 0 aromatic carbocycles. The summed E-state index contributed by atoms with van der Waals surface area (Å²) in [5.41, 5.74) is -0.961. The third-order valence-corrected chi connectivity index (χ3v) is 5.97. The Hall–Kier alpha value is -2.32. The summed E-state index contributed by atoms with van der Waals surface area (Å²) in [6.07, 6.45) is 5.92. The van der Waals surface area contributed by atoms with E-state index in [1.807, 2.05) is 39.3 Å². The number of alkyl carbamates (subject to hydrolysis) is 1. The second-order valence-electron chi connectivity index (χ2n) is 9.48. The highest BCUT2D eigenvalue weighted by Gasteiger charge is 2.31. The summed E-state index contributed by atoms with van der Waals surface area (Å²) in [5.74, 6) is 2.42. The van der Waals surface area contributed by atoms with E-state index in [0.29, 0.717) is 19.1 Å². The van der Waals surface area contributed by atoms with Crippen molar-refractivity contribution in [2.75, 3.05) is 6.54 Å². The van der Waals surface area contributed by atoms with Gasteiger partial charge in [-0.25, -0.2) is 9.79 Å². The molecule has 2 rings (SSSR count). The second kappa shape index (κ2) is 10.8. The van der Waals surface area contributed by atoms with E-state index < -0.39 is 17.2 Å². The molecule has 0 aliphatic heterocycles. The minimum Gasteiger partial charge on any atom is -0.444 e. The SMILES string of the molecule is CCC(CC)(CNC(=NCc1nnc(C)n1C)NC1CCCC1)NC(=O)OC(C)(C)C. The number of nitrogens with one attached hydrogen (secondary N) is 3. The summed E-state index contributed by atoms with van der Waals surface area (Å²) in [4.78, 5) is 17.2. The Bertz CT molecular complexity index is 742. The van der Waals surface area contributed by atoms with Gasteiger partial charge >= 0.3 is 6.09 Å². The Kier molecular flexibility index (Phi) is 8.70. The summed E-state index contributed by atoms with van der Waals surface area (Å²) in [6, 6.07) is 0.420. The number of hydrogen-bond donors (Lipinski definition) is 3. The van der Waals surface area contributed by atoms with Gasteiger partial charge in [-0.1, -0.05) is 26.7 Å². The van der Waals surface area contributed by atoms with E-state index in [9.17, 15) is 4.79 Å². The average molecular weight is 436 g/mol. The van der Waals surface area contributed by atoms with E-state index >= 15 is 0 Å². The minimum absolute atomic E-state index is 0.394. The largest absolute Gasteiger partial charge is 0.444 e. The average Bonchev–Trinajstić information content (AvgIpc) is 3.32. The van der Waals surface area contributed by atoms with Crippen LogP contribution in [-0.4, -0.2) is 50.5 Å². The van der Waals surface area contributed by atoms with E-state index in [1.165, 1.54) is 12.8 Å². The number of rotatable bonds is 8. The van der Waals surface area contributed by atoms with Crippen LogP contribution in [-0.2, 0) is 18.3 Å². The molecule has 1 aliphatic rings. The van der Waals surface area contributed by atoms with Crippen molar-refractivity contribution in [2.45, 2.75) is 104 Å². The van der Waals surface area contributed by atoms with Crippen LogP contribution in [0.3, 0.4) is 0 Å². The molecule has 1 aromatic heterocycles. The standard InChI is InChI=1S/C22H41N7O2/c1-8-22(9-2,26-20(30)31-21(4,5)6)15-24-19(25-17-12-10-11-13-17)23-14-18-28-27-16(3)29(18)7/h17H,8-15H2,1-7H3,(H,26,30)(H2,23,24,25). The van der Waals surface area contributed by atoms with Crippen molar-refractivity contribution in [3.05, 3.63) is 11.6 Å². The molecule has 1 fully saturated rings. The van der Waals surface area contributed by atoms with Crippen molar-refractivity contribution in [3.63, 3.8) is 0 Å². The Morgan fingerprint density at radius 2 is 1.84 bits per heavy atom. The second-order valence-corrected chi connectivity index (χ2v) is 9.48. The highest BCUT2D eigenvalue weighted by atomic mass is 16.6. The maximum atomic E-state index is 12.4. The van der Waals surface area contributed by atoms with E-state index in [0.717, 1.165) is 43.3 Å². The fourth-order valence-corrected chi connectivity index (χ4v) is 3.65. The van der Waals surface area contributed by atoms with Crippen LogP contribution in [0.1, 0.15) is 84.8 Å². The number of nitrogens with zero attached hydrogens (tertiary/aromatic N) is 4. The summed E-state index contributed by atoms with van der Waals surface area (Å²) < 4.78 is 7.44.